The third kappa shape index (κ3) is 3.53. The number of aromatic nitrogens is 3. The van der Waals surface area contributed by atoms with Crippen molar-refractivity contribution in [1.29, 1.82) is 0 Å². The third-order valence-electron chi connectivity index (χ3n) is 3.88. The quantitative estimate of drug-likeness (QED) is 0.773. The van der Waals surface area contributed by atoms with Crippen LogP contribution in [0.5, 0.6) is 0 Å². The molecule has 124 valence electrons. The topological polar surface area (TPSA) is 40.2 Å². The van der Waals surface area contributed by atoms with Crippen molar-refractivity contribution in [2.75, 3.05) is 6.61 Å². The number of rotatable bonds is 5. The van der Waals surface area contributed by atoms with Crippen molar-refractivity contribution in [3.63, 3.8) is 0 Å². The highest BCUT2D eigenvalue weighted by Gasteiger charge is 2.46. The lowest BCUT2D eigenvalue weighted by atomic mass is 10.1. The molecule has 0 N–H and O–H groups in total. The number of hydrogen-bond donors (Lipinski definition) is 0. The molecule has 1 aliphatic heterocycles. The van der Waals surface area contributed by atoms with Gasteiger partial charge in [0.15, 0.2) is 6.54 Å². The summed E-state index contributed by atoms with van der Waals surface area (Å²) in [6.07, 6.45) is 5.65. The van der Waals surface area contributed by atoms with Gasteiger partial charge in [-0.1, -0.05) is 42.6 Å². The third-order valence-corrected chi connectivity index (χ3v) is 4.43. The molecule has 0 aliphatic carbocycles. The maximum absolute atomic E-state index is 6.42. The molecular formula is C16H20Cl2N3O2+. The highest BCUT2D eigenvalue weighted by atomic mass is 35.5. The molecular weight excluding hydrogens is 337 g/mol. The number of ether oxygens (including phenoxy) is 2. The molecule has 2 atom stereocenters. The molecule has 0 spiro atoms. The van der Waals surface area contributed by atoms with E-state index >= 15 is 0 Å². The highest BCUT2D eigenvalue weighted by Crippen LogP contribution is 2.41. The predicted octanol–water partition coefficient (Wildman–Crippen LogP) is 3.08. The number of aryl methyl sites for hydroxylation is 1. The number of benzene rings is 1. The molecule has 1 aromatic carbocycles. The Labute approximate surface area is 145 Å². The summed E-state index contributed by atoms with van der Waals surface area (Å²) in [5.74, 6) is -0.944. The van der Waals surface area contributed by atoms with Gasteiger partial charge in [-0.25, -0.2) is 4.57 Å². The summed E-state index contributed by atoms with van der Waals surface area (Å²) in [6.45, 7) is 3.10. The number of hydrogen-bond acceptors (Lipinski definition) is 3. The van der Waals surface area contributed by atoms with E-state index in [4.69, 9.17) is 32.7 Å². The van der Waals surface area contributed by atoms with Gasteiger partial charge < -0.3 is 9.47 Å². The molecule has 1 fully saturated rings. The zero-order valence-electron chi connectivity index (χ0n) is 13.2. The van der Waals surface area contributed by atoms with E-state index in [1.165, 1.54) is 0 Å². The Morgan fingerprint density at radius 3 is 2.91 bits per heavy atom. The Kier molecular flexibility index (Phi) is 4.92. The Bertz CT molecular complexity index is 692. The second-order valence-electron chi connectivity index (χ2n) is 5.83. The van der Waals surface area contributed by atoms with E-state index in [2.05, 4.69) is 12.0 Å². The van der Waals surface area contributed by atoms with Gasteiger partial charge in [0.2, 0.25) is 12.1 Å². The average Bonchev–Trinajstić information content (AvgIpc) is 3.07. The lowest BCUT2D eigenvalue weighted by Gasteiger charge is -2.27. The van der Waals surface area contributed by atoms with Crippen molar-refractivity contribution in [3.8, 4) is 0 Å². The lowest BCUT2D eigenvalue weighted by molar-refractivity contribution is -0.672. The SMILES string of the molecule is CCCC1COC(Cn2c[n+](C)cn2)(c2ccc(Cl)cc2Cl)O1. The van der Waals surface area contributed by atoms with E-state index in [0.29, 0.717) is 23.2 Å². The van der Waals surface area contributed by atoms with Crippen LogP contribution in [0.25, 0.3) is 0 Å². The molecule has 0 bridgehead atoms. The molecule has 2 aromatic rings. The van der Waals surface area contributed by atoms with Crippen molar-refractivity contribution < 1.29 is 14.0 Å². The van der Waals surface area contributed by atoms with Crippen LogP contribution in [0.15, 0.2) is 30.9 Å². The first kappa shape index (κ1) is 16.7. The maximum atomic E-state index is 6.42. The Morgan fingerprint density at radius 2 is 2.26 bits per heavy atom. The van der Waals surface area contributed by atoms with Crippen LogP contribution < -0.4 is 4.57 Å². The van der Waals surface area contributed by atoms with Gasteiger partial charge in [0, 0.05) is 15.7 Å². The zero-order chi connectivity index (χ0) is 16.4. The normalized spacial score (nSPS) is 24.3. The number of halogens is 2. The van der Waals surface area contributed by atoms with Crippen LogP contribution >= 0.6 is 23.2 Å². The van der Waals surface area contributed by atoms with Gasteiger partial charge in [-0.05, 0) is 18.6 Å². The molecule has 0 saturated carbocycles. The molecule has 1 aliphatic rings. The minimum absolute atomic E-state index is 0.0519. The molecule has 7 heteroatoms. The summed E-state index contributed by atoms with van der Waals surface area (Å²) in [5, 5.41) is 5.44. The summed E-state index contributed by atoms with van der Waals surface area (Å²) in [5.41, 5.74) is 0.778. The Balaban J connectivity index is 1.96. The summed E-state index contributed by atoms with van der Waals surface area (Å²) >= 11 is 12.4. The average molecular weight is 357 g/mol. The first-order valence-corrected chi connectivity index (χ1v) is 8.43. The van der Waals surface area contributed by atoms with Crippen LogP contribution in [0.4, 0.5) is 0 Å². The first-order valence-electron chi connectivity index (χ1n) is 7.67. The van der Waals surface area contributed by atoms with E-state index in [0.717, 1.165) is 18.4 Å². The van der Waals surface area contributed by atoms with Crippen molar-refractivity contribution in [2.45, 2.75) is 38.2 Å². The minimum Gasteiger partial charge on any atom is -0.341 e. The van der Waals surface area contributed by atoms with Crippen LogP contribution in [0.1, 0.15) is 25.3 Å². The van der Waals surface area contributed by atoms with Crippen LogP contribution in [0.2, 0.25) is 10.0 Å². The fourth-order valence-electron chi connectivity index (χ4n) is 2.85. The largest absolute Gasteiger partial charge is 0.341 e. The monoisotopic (exact) mass is 356 g/mol. The summed E-state index contributed by atoms with van der Waals surface area (Å²) in [4.78, 5) is 0. The second-order valence-corrected chi connectivity index (χ2v) is 6.67. The number of nitrogens with zero attached hydrogens (tertiary/aromatic N) is 3. The van der Waals surface area contributed by atoms with Crippen LogP contribution in [-0.4, -0.2) is 22.5 Å². The van der Waals surface area contributed by atoms with E-state index < -0.39 is 5.79 Å². The van der Waals surface area contributed by atoms with Gasteiger partial charge in [0.1, 0.15) is 0 Å². The Hall–Kier alpha value is -1.14. The van der Waals surface area contributed by atoms with Crippen LogP contribution in [0.3, 0.4) is 0 Å². The van der Waals surface area contributed by atoms with Crippen molar-refractivity contribution in [2.24, 2.45) is 7.05 Å². The molecule has 2 heterocycles. The van der Waals surface area contributed by atoms with Crippen molar-refractivity contribution in [3.05, 3.63) is 46.5 Å². The first-order chi connectivity index (χ1) is 11.0. The summed E-state index contributed by atoms with van der Waals surface area (Å²) in [7, 11) is 1.92. The Morgan fingerprint density at radius 1 is 1.43 bits per heavy atom. The van der Waals surface area contributed by atoms with E-state index in [-0.39, 0.29) is 6.10 Å². The molecule has 1 aromatic heterocycles. The smallest absolute Gasteiger partial charge is 0.264 e. The molecule has 3 rings (SSSR count). The van der Waals surface area contributed by atoms with Gasteiger partial charge in [-0.3, -0.25) is 0 Å². The highest BCUT2D eigenvalue weighted by molar-refractivity contribution is 6.35. The van der Waals surface area contributed by atoms with Gasteiger partial charge in [0.25, 0.3) is 6.33 Å². The minimum atomic E-state index is -0.944. The van der Waals surface area contributed by atoms with Gasteiger partial charge >= 0.3 is 0 Å². The van der Waals surface area contributed by atoms with E-state index in [1.807, 2.05) is 24.0 Å². The van der Waals surface area contributed by atoms with E-state index in [1.54, 1.807) is 23.1 Å². The molecule has 1 saturated heterocycles. The summed E-state index contributed by atoms with van der Waals surface area (Å²) < 4.78 is 16.1. The van der Waals surface area contributed by atoms with Gasteiger partial charge in [-0.15, -0.1) is 4.68 Å². The standard InChI is InChI=1S/C16H20Cl2N3O2/c1-3-4-13-8-22-16(23-13,9-21-11-20(2)10-19-21)14-6-5-12(17)7-15(14)18/h5-7,10-11,13H,3-4,8-9H2,1-2H3/q+1. The second kappa shape index (κ2) is 6.77. The maximum Gasteiger partial charge on any atom is 0.264 e. The molecule has 2 unspecified atom stereocenters. The fourth-order valence-corrected chi connectivity index (χ4v) is 3.40. The van der Waals surface area contributed by atoms with Gasteiger partial charge in [0.05, 0.1) is 24.8 Å². The van der Waals surface area contributed by atoms with Crippen molar-refractivity contribution >= 4 is 23.2 Å². The summed E-state index contributed by atoms with van der Waals surface area (Å²) in [6, 6.07) is 5.37. The van der Waals surface area contributed by atoms with Gasteiger partial charge in [-0.2, -0.15) is 0 Å². The molecule has 23 heavy (non-hydrogen) atoms. The van der Waals surface area contributed by atoms with E-state index in [9.17, 15) is 0 Å². The zero-order valence-corrected chi connectivity index (χ0v) is 14.7. The van der Waals surface area contributed by atoms with Crippen LogP contribution in [0, 0.1) is 0 Å². The molecule has 5 nitrogen and oxygen atoms in total. The lowest BCUT2D eigenvalue weighted by Crippen LogP contribution is -2.35. The van der Waals surface area contributed by atoms with Crippen LogP contribution in [-0.2, 0) is 28.9 Å². The molecule has 0 amide bonds. The van der Waals surface area contributed by atoms with Crippen molar-refractivity contribution in [1.82, 2.24) is 9.78 Å². The predicted molar refractivity (Wildman–Crippen MR) is 87.3 cm³/mol. The molecule has 0 radical (unpaired) electrons. The fraction of sp³-hybridized carbons (Fsp3) is 0.500.